The van der Waals surface area contributed by atoms with E-state index in [4.69, 9.17) is 6.42 Å². The van der Waals surface area contributed by atoms with Gasteiger partial charge in [-0.3, -0.25) is 14.4 Å². The number of piperazine rings is 1. The van der Waals surface area contributed by atoms with Crippen LogP contribution in [0.1, 0.15) is 31.2 Å². The number of rotatable bonds is 7. The minimum absolute atomic E-state index is 0.202. The van der Waals surface area contributed by atoms with Crippen LogP contribution in [0.4, 0.5) is 0 Å². The molecule has 0 aromatic carbocycles. The van der Waals surface area contributed by atoms with Crippen molar-refractivity contribution in [3.8, 4) is 12.3 Å². The molecule has 128 valence electrons. The molecule has 3 heterocycles. The molecular formula is C17H24N6O. The van der Waals surface area contributed by atoms with Crippen LogP contribution in [0.5, 0.6) is 0 Å². The molecule has 1 amide bonds. The summed E-state index contributed by atoms with van der Waals surface area (Å²) in [7, 11) is 1.93. The summed E-state index contributed by atoms with van der Waals surface area (Å²) in [5, 5.41) is 12.4. The van der Waals surface area contributed by atoms with Crippen LogP contribution in [-0.4, -0.2) is 57.3 Å². The van der Waals surface area contributed by atoms with Gasteiger partial charge in [0.25, 0.3) is 0 Å². The number of carbonyl (C=O) groups is 1. The van der Waals surface area contributed by atoms with E-state index in [0.29, 0.717) is 19.3 Å². The summed E-state index contributed by atoms with van der Waals surface area (Å²) < 4.78 is 1.82. The lowest BCUT2D eigenvalue weighted by atomic mass is 10.0. The van der Waals surface area contributed by atoms with Gasteiger partial charge in [0, 0.05) is 77.2 Å². The lowest BCUT2D eigenvalue weighted by Crippen LogP contribution is -2.48. The van der Waals surface area contributed by atoms with Gasteiger partial charge < -0.3 is 4.90 Å². The van der Waals surface area contributed by atoms with E-state index in [0.717, 1.165) is 39.1 Å². The Morgan fingerprint density at radius 2 is 2.04 bits per heavy atom. The maximum Gasteiger partial charge on any atom is 0.222 e. The molecule has 0 bridgehead atoms. The highest BCUT2D eigenvalue weighted by molar-refractivity contribution is 5.76. The van der Waals surface area contributed by atoms with E-state index in [2.05, 4.69) is 26.1 Å². The molecule has 7 nitrogen and oxygen atoms in total. The van der Waals surface area contributed by atoms with Gasteiger partial charge in [-0.25, -0.2) is 0 Å². The molecule has 24 heavy (non-hydrogen) atoms. The molecule has 3 rings (SSSR count). The van der Waals surface area contributed by atoms with E-state index < -0.39 is 0 Å². The molecule has 1 fully saturated rings. The van der Waals surface area contributed by atoms with Crippen molar-refractivity contribution in [2.24, 2.45) is 17.3 Å². The number of aryl methyl sites for hydroxylation is 1. The third kappa shape index (κ3) is 4.20. The summed E-state index contributed by atoms with van der Waals surface area (Å²) in [5.74, 6) is 2.82. The second kappa shape index (κ2) is 7.14. The molecule has 0 spiro atoms. The molecule has 0 unspecified atom stereocenters. The van der Waals surface area contributed by atoms with Crippen LogP contribution >= 0.6 is 0 Å². The molecule has 1 aromatic rings. The van der Waals surface area contributed by atoms with Crippen LogP contribution in [0.2, 0.25) is 0 Å². The molecule has 1 saturated heterocycles. The van der Waals surface area contributed by atoms with Gasteiger partial charge in [-0.05, 0) is 0 Å². The lowest BCUT2D eigenvalue weighted by Gasteiger charge is -2.34. The zero-order chi connectivity index (χ0) is 17.0. The summed E-state index contributed by atoms with van der Waals surface area (Å²) in [6.07, 6.45) is 11.8. The molecule has 0 saturated carbocycles. The zero-order valence-electron chi connectivity index (χ0n) is 14.2. The first kappa shape index (κ1) is 16.7. The van der Waals surface area contributed by atoms with Crippen molar-refractivity contribution in [3.63, 3.8) is 0 Å². The van der Waals surface area contributed by atoms with Crippen molar-refractivity contribution in [1.29, 1.82) is 0 Å². The molecule has 0 aliphatic carbocycles. The van der Waals surface area contributed by atoms with Crippen LogP contribution in [0.15, 0.2) is 22.6 Å². The Bertz CT molecular complexity index is 644. The molecule has 1 aromatic heterocycles. The number of hydrogen-bond acceptors (Lipinski definition) is 5. The van der Waals surface area contributed by atoms with Crippen molar-refractivity contribution in [3.05, 3.63) is 18.0 Å². The Balaban J connectivity index is 1.38. The number of terminal acetylenes is 1. The summed E-state index contributed by atoms with van der Waals surface area (Å²) in [6.45, 7) is 4.26. The van der Waals surface area contributed by atoms with Crippen LogP contribution in [0, 0.1) is 12.3 Å². The van der Waals surface area contributed by atoms with Crippen molar-refractivity contribution in [1.82, 2.24) is 19.6 Å². The van der Waals surface area contributed by atoms with Gasteiger partial charge in [-0.1, -0.05) is 0 Å². The van der Waals surface area contributed by atoms with Crippen LogP contribution in [0.3, 0.4) is 0 Å². The van der Waals surface area contributed by atoms with Gasteiger partial charge >= 0.3 is 0 Å². The predicted octanol–water partition coefficient (Wildman–Crippen LogP) is 1.42. The zero-order valence-corrected chi connectivity index (χ0v) is 14.2. The van der Waals surface area contributed by atoms with E-state index in [1.165, 1.54) is 5.56 Å². The molecule has 7 heteroatoms. The Hall–Kier alpha value is -2.20. The van der Waals surface area contributed by atoms with Crippen LogP contribution < -0.4 is 0 Å². The number of aromatic nitrogens is 2. The quantitative estimate of drug-likeness (QED) is 0.711. The highest BCUT2D eigenvalue weighted by atomic mass is 16.2. The van der Waals surface area contributed by atoms with Crippen LogP contribution in [-0.2, 0) is 18.4 Å². The molecule has 2 aliphatic heterocycles. The maximum absolute atomic E-state index is 12.4. The first-order chi connectivity index (χ1) is 11.6. The number of carbonyl (C=O) groups excluding carboxylic acids is 1. The molecule has 0 atom stereocenters. The number of amides is 1. The first-order valence-electron chi connectivity index (χ1n) is 8.45. The Labute approximate surface area is 142 Å². The van der Waals surface area contributed by atoms with E-state index in [1.54, 1.807) is 0 Å². The summed E-state index contributed by atoms with van der Waals surface area (Å²) >= 11 is 0. The second-order valence-electron chi connectivity index (χ2n) is 6.57. The van der Waals surface area contributed by atoms with E-state index in [-0.39, 0.29) is 11.6 Å². The number of nitrogens with zero attached hydrogens (tertiary/aromatic N) is 6. The third-order valence-electron chi connectivity index (χ3n) is 4.68. The maximum atomic E-state index is 12.4. The highest BCUT2D eigenvalue weighted by Crippen LogP contribution is 2.37. The largest absolute Gasteiger partial charge is 0.340 e. The van der Waals surface area contributed by atoms with Gasteiger partial charge in [-0.2, -0.15) is 15.3 Å². The normalized spacial score (nSPS) is 19.2. The first-order valence-corrected chi connectivity index (χ1v) is 8.45. The second-order valence-corrected chi connectivity index (χ2v) is 6.57. The van der Waals surface area contributed by atoms with Gasteiger partial charge in [0.1, 0.15) is 0 Å². The average molecular weight is 328 g/mol. The van der Waals surface area contributed by atoms with Crippen molar-refractivity contribution < 1.29 is 4.79 Å². The smallest absolute Gasteiger partial charge is 0.222 e. The fraction of sp³-hybridized carbons (Fsp3) is 0.647. The predicted molar refractivity (Wildman–Crippen MR) is 90.0 cm³/mol. The van der Waals surface area contributed by atoms with Crippen LogP contribution in [0.25, 0.3) is 0 Å². The average Bonchev–Trinajstić information content (AvgIpc) is 3.26. The van der Waals surface area contributed by atoms with Gasteiger partial charge in [0.2, 0.25) is 5.91 Å². The standard InChI is InChI=1S/C17H24N6O/c1-3-4-6-17(19-20-17)7-5-16(24)23-10-8-22(9-11-23)14-15-12-18-21(2)13-15/h1,12-13H,4-11,14H2,2H3. The Kier molecular flexibility index (Phi) is 4.95. The third-order valence-corrected chi connectivity index (χ3v) is 4.68. The number of hydrogen-bond donors (Lipinski definition) is 0. The van der Waals surface area contributed by atoms with Gasteiger partial charge in [-0.15, -0.1) is 12.3 Å². The van der Waals surface area contributed by atoms with Crippen molar-refractivity contribution in [2.45, 2.75) is 37.9 Å². The van der Waals surface area contributed by atoms with E-state index in [9.17, 15) is 4.79 Å². The van der Waals surface area contributed by atoms with Gasteiger partial charge in [0.15, 0.2) is 5.66 Å². The monoisotopic (exact) mass is 328 g/mol. The molecular weight excluding hydrogens is 304 g/mol. The van der Waals surface area contributed by atoms with Gasteiger partial charge in [0.05, 0.1) is 6.20 Å². The summed E-state index contributed by atoms with van der Waals surface area (Å²) in [4.78, 5) is 16.7. The molecule has 0 N–H and O–H groups in total. The van der Waals surface area contributed by atoms with E-state index in [1.807, 2.05) is 29.0 Å². The summed E-state index contributed by atoms with van der Waals surface area (Å²) in [5.41, 5.74) is 0.856. The fourth-order valence-corrected chi connectivity index (χ4v) is 3.10. The minimum atomic E-state index is -0.357. The lowest BCUT2D eigenvalue weighted by molar-refractivity contribution is -0.133. The van der Waals surface area contributed by atoms with Crippen molar-refractivity contribution in [2.75, 3.05) is 26.2 Å². The molecule has 0 radical (unpaired) electrons. The SMILES string of the molecule is C#CCCC1(CCC(=O)N2CCN(Cc3cnn(C)c3)CC2)N=N1. The minimum Gasteiger partial charge on any atom is -0.340 e. The highest BCUT2D eigenvalue weighted by Gasteiger charge is 2.39. The van der Waals surface area contributed by atoms with E-state index >= 15 is 0 Å². The topological polar surface area (TPSA) is 66.1 Å². The summed E-state index contributed by atoms with van der Waals surface area (Å²) in [6, 6.07) is 0. The fourth-order valence-electron chi connectivity index (χ4n) is 3.10. The molecule has 2 aliphatic rings. The Morgan fingerprint density at radius 1 is 1.29 bits per heavy atom. The van der Waals surface area contributed by atoms with Crippen molar-refractivity contribution >= 4 is 5.91 Å². The Morgan fingerprint density at radius 3 is 2.62 bits per heavy atom.